The lowest BCUT2D eigenvalue weighted by molar-refractivity contribution is 0.361. The van der Waals surface area contributed by atoms with Crippen molar-refractivity contribution in [3.8, 4) is 0 Å². The molecule has 0 bridgehead atoms. The van der Waals surface area contributed by atoms with E-state index in [9.17, 15) is 8.42 Å². The van der Waals surface area contributed by atoms with Crippen LogP contribution in [0.15, 0.2) is 17.6 Å². The maximum absolute atomic E-state index is 11.9. The summed E-state index contributed by atoms with van der Waals surface area (Å²) in [4.78, 5) is 6.31. The molecule has 0 aliphatic carbocycles. The predicted molar refractivity (Wildman–Crippen MR) is 59.4 cm³/mol. The molecule has 90 valence electrons. The lowest BCUT2D eigenvalue weighted by atomic mass is 10.0. The van der Waals surface area contributed by atoms with E-state index in [1.165, 1.54) is 12.5 Å². The van der Waals surface area contributed by atoms with Crippen LogP contribution in [-0.2, 0) is 10.0 Å². The van der Waals surface area contributed by atoms with Crippen LogP contribution < -0.4 is 10.0 Å². The third kappa shape index (κ3) is 2.60. The molecule has 0 aromatic carbocycles. The Hall–Kier alpha value is -0.920. The van der Waals surface area contributed by atoms with Gasteiger partial charge in [0.2, 0.25) is 0 Å². The molecule has 2 unspecified atom stereocenters. The molecule has 0 radical (unpaired) electrons. The highest BCUT2D eigenvalue weighted by Gasteiger charge is 2.24. The number of nitrogens with one attached hydrogen (secondary N) is 3. The summed E-state index contributed by atoms with van der Waals surface area (Å²) in [5.41, 5.74) is 0. The van der Waals surface area contributed by atoms with Crippen molar-refractivity contribution in [3.63, 3.8) is 0 Å². The molecular formula is C9H16N4O2S. The van der Waals surface area contributed by atoms with E-state index in [0.29, 0.717) is 6.04 Å². The highest BCUT2D eigenvalue weighted by molar-refractivity contribution is 7.89. The summed E-state index contributed by atoms with van der Waals surface area (Å²) in [6.07, 6.45) is 4.30. The average molecular weight is 244 g/mol. The first kappa shape index (κ1) is 11.6. The van der Waals surface area contributed by atoms with Gasteiger partial charge in [0.25, 0.3) is 10.0 Å². The van der Waals surface area contributed by atoms with Crippen LogP contribution in [0.4, 0.5) is 0 Å². The summed E-state index contributed by atoms with van der Waals surface area (Å²) in [6, 6.07) is 0.354. The molecule has 3 N–H and O–H groups in total. The van der Waals surface area contributed by atoms with Gasteiger partial charge in [-0.05, 0) is 26.3 Å². The summed E-state index contributed by atoms with van der Waals surface area (Å²) in [5, 5.41) is 3.40. The first-order valence-corrected chi connectivity index (χ1v) is 6.80. The third-order valence-electron chi connectivity index (χ3n) is 2.71. The number of piperidine rings is 1. The van der Waals surface area contributed by atoms with Gasteiger partial charge < -0.3 is 10.3 Å². The van der Waals surface area contributed by atoms with Gasteiger partial charge in [-0.25, -0.2) is 18.1 Å². The number of nitrogens with zero attached hydrogens (tertiary/aromatic N) is 1. The van der Waals surface area contributed by atoms with Crippen LogP contribution in [-0.4, -0.2) is 37.0 Å². The van der Waals surface area contributed by atoms with E-state index in [0.717, 1.165) is 19.4 Å². The van der Waals surface area contributed by atoms with E-state index in [1.54, 1.807) is 0 Å². The van der Waals surface area contributed by atoms with Crippen molar-refractivity contribution in [2.75, 3.05) is 6.54 Å². The van der Waals surface area contributed by atoms with Crippen LogP contribution in [0.2, 0.25) is 0 Å². The van der Waals surface area contributed by atoms with Crippen LogP contribution in [0.1, 0.15) is 19.8 Å². The largest absolute Gasteiger partial charge is 0.335 e. The highest BCUT2D eigenvalue weighted by Crippen LogP contribution is 2.12. The van der Waals surface area contributed by atoms with Gasteiger partial charge in [0, 0.05) is 12.1 Å². The molecule has 1 aromatic rings. The molecule has 0 spiro atoms. The smallest absolute Gasteiger partial charge is 0.257 e. The first-order valence-electron chi connectivity index (χ1n) is 5.32. The van der Waals surface area contributed by atoms with Crippen molar-refractivity contribution in [1.29, 1.82) is 0 Å². The first-order chi connectivity index (χ1) is 7.58. The predicted octanol–water partition coefficient (Wildman–Crippen LogP) is -0.171. The molecular weight excluding hydrogens is 228 g/mol. The fourth-order valence-electron chi connectivity index (χ4n) is 1.91. The number of aromatic amines is 1. The minimum Gasteiger partial charge on any atom is -0.335 e. The number of hydrogen-bond acceptors (Lipinski definition) is 4. The molecule has 0 amide bonds. The Morgan fingerprint density at radius 2 is 2.38 bits per heavy atom. The number of rotatable bonds is 3. The summed E-state index contributed by atoms with van der Waals surface area (Å²) < 4.78 is 26.4. The van der Waals surface area contributed by atoms with Crippen molar-refractivity contribution >= 4 is 10.0 Å². The summed E-state index contributed by atoms with van der Waals surface area (Å²) >= 11 is 0. The lowest BCUT2D eigenvalue weighted by Gasteiger charge is -2.28. The highest BCUT2D eigenvalue weighted by atomic mass is 32.2. The van der Waals surface area contributed by atoms with Crippen LogP contribution in [0.25, 0.3) is 0 Å². The molecule has 2 rings (SSSR count). The van der Waals surface area contributed by atoms with E-state index in [4.69, 9.17) is 0 Å². The van der Waals surface area contributed by atoms with Crippen molar-refractivity contribution in [3.05, 3.63) is 12.5 Å². The topological polar surface area (TPSA) is 86.9 Å². The number of hydrogen-bond donors (Lipinski definition) is 3. The number of H-pyrrole nitrogens is 1. The van der Waals surface area contributed by atoms with Crippen molar-refractivity contribution < 1.29 is 8.42 Å². The standard InChI is InChI=1S/C9H16N4O2S/c1-7-4-8(2-3-11-7)13-16(14,15)9-5-10-6-12-9/h5-8,11,13H,2-4H2,1H3,(H,10,12). The van der Waals surface area contributed by atoms with Gasteiger partial charge in [0.05, 0.1) is 12.5 Å². The molecule has 6 nitrogen and oxygen atoms in total. The second-order valence-corrected chi connectivity index (χ2v) is 5.80. The van der Waals surface area contributed by atoms with Gasteiger partial charge in [-0.1, -0.05) is 0 Å². The van der Waals surface area contributed by atoms with E-state index in [2.05, 4.69) is 26.9 Å². The van der Waals surface area contributed by atoms with Gasteiger partial charge in [0.15, 0.2) is 5.03 Å². The fourth-order valence-corrected chi connectivity index (χ4v) is 3.10. The van der Waals surface area contributed by atoms with Crippen molar-refractivity contribution in [2.24, 2.45) is 0 Å². The lowest BCUT2D eigenvalue weighted by Crippen LogP contribution is -2.46. The Labute approximate surface area is 94.9 Å². The maximum atomic E-state index is 11.9. The van der Waals surface area contributed by atoms with E-state index in [-0.39, 0.29) is 11.1 Å². The number of imidazole rings is 1. The van der Waals surface area contributed by atoms with E-state index in [1.807, 2.05) is 0 Å². The average Bonchev–Trinajstić information content (AvgIpc) is 2.69. The van der Waals surface area contributed by atoms with Gasteiger partial charge >= 0.3 is 0 Å². The van der Waals surface area contributed by atoms with Gasteiger partial charge in [-0.3, -0.25) is 0 Å². The molecule has 2 heterocycles. The van der Waals surface area contributed by atoms with Gasteiger partial charge in [0.1, 0.15) is 0 Å². The molecule has 1 fully saturated rings. The summed E-state index contributed by atoms with van der Waals surface area (Å²) in [6.45, 7) is 2.90. The SMILES string of the molecule is CC1CC(NS(=O)(=O)c2cnc[nH]2)CCN1. The second-order valence-electron chi connectivity index (χ2n) is 4.11. The molecule has 2 atom stereocenters. The Bertz CT molecular complexity index is 428. The normalized spacial score (nSPS) is 26.8. The van der Waals surface area contributed by atoms with Crippen LogP contribution in [0.5, 0.6) is 0 Å². The van der Waals surface area contributed by atoms with Crippen LogP contribution in [0.3, 0.4) is 0 Å². The molecule has 7 heteroatoms. The van der Waals surface area contributed by atoms with Crippen molar-refractivity contribution in [1.82, 2.24) is 20.0 Å². The van der Waals surface area contributed by atoms with Crippen molar-refractivity contribution in [2.45, 2.75) is 36.9 Å². The molecule has 0 saturated carbocycles. The monoisotopic (exact) mass is 244 g/mol. The number of sulfonamides is 1. The molecule has 1 aliphatic heterocycles. The Balaban J connectivity index is 2.04. The molecule has 1 saturated heterocycles. The van der Waals surface area contributed by atoms with E-state index < -0.39 is 10.0 Å². The minimum atomic E-state index is -3.44. The Morgan fingerprint density at radius 3 is 3.00 bits per heavy atom. The maximum Gasteiger partial charge on any atom is 0.257 e. The quantitative estimate of drug-likeness (QED) is 0.689. The third-order valence-corrected chi connectivity index (χ3v) is 4.15. The second kappa shape index (κ2) is 4.52. The zero-order valence-electron chi connectivity index (χ0n) is 9.10. The molecule has 1 aromatic heterocycles. The van der Waals surface area contributed by atoms with Gasteiger partial charge in [-0.2, -0.15) is 0 Å². The van der Waals surface area contributed by atoms with E-state index >= 15 is 0 Å². The molecule has 1 aliphatic rings. The Kier molecular flexibility index (Phi) is 3.27. The summed E-state index contributed by atoms with van der Waals surface area (Å²) in [5.74, 6) is 0. The minimum absolute atomic E-state index is 0.00421. The number of aromatic nitrogens is 2. The zero-order chi connectivity index (χ0) is 11.6. The van der Waals surface area contributed by atoms with Crippen LogP contribution in [0, 0.1) is 0 Å². The molecule has 16 heavy (non-hydrogen) atoms. The fraction of sp³-hybridized carbons (Fsp3) is 0.667. The zero-order valence-corrected chi connectivity index (χ0v) is 9.92. The van der Waals surface area contributed by atoms with Gasteiger partial charge in [-0.15, -0.1) is 0 Å². The summed E-state index contributed by atoms with van der Waals surface area (Å²) in [7, 11) is -3.44. The van der Waals surface area contributed by atoms with Crippen LogP contribution >= 0.6 is 0 Å². The Morgan fingerprint density at radius 1 is 1.56 bits per heavy atom.